The smallest absolute Gasteiger partial charge is 0.230 e. The largest absolute Gasteiger partial charge is 0.497 e. The molecule has 0 bridgehead atoms. The number of ether oxygens (including phenoxy) is 3. The molecule has 0 aliphatic carbocycles. The number of hydrogen-bond acceptors (Lipinski definition) is 7. The number of carbonyl (C=O) groups is 1. The maximum atomic E-state index is 12.3. The SMILES string of the molecule is COc1cccc(CC(=O)Nc2nnc(Cc3ccc(OC)c(OC)c3)s2)c1. The highest BCUT2D eigenvalue weighted by Gasteiger charge is 2.11. The van der Waals surface area contributed by atoms with E-state index in [2.05, 4.69) is 15.5 Å². The molecule has 3 rings (SSSR count). The van der Waals surface area contributed by atoms with E-state index >= 15 is 0 Å². The number of benzene rings is 2. The number of aromatic nitrogens is 2. The number of amides is 1. The van der Waals surface area contributed by atoms with Gasteiger partial charge in [-0.05, 0) is 35.4 Å². The molecule has 1 heterocycles. The molecule has 0 atom stereocenters. The number of rotatable bonds is 8. The van der Waals surface area contributed by atoms with Crippen LogP contribution in [-0.2, 0) is 17.6 Å². The van der Waals surface area contributed by atoms with Crippen molar-refractivity contribution in [1.29, 1.82) is 0 Å². The molecule has 0 fully saturated rings. The van der Waals surface area contributed by atoms with Crippen molar-refractivity contribution >= 4 is 22.4 Å². The molecular formula is C20H21N3O4S. The average Bonchev–Trinajstić information content (AvgIpc) is 3.14. The zero-order chi connectivity index (χ0) is 19.9. The second-order valence-corrected chi connectivity index (χ2v) is 7.01. The van der Waals surface area contributed by atoms with E-state index in [0.717, 1.165) is 21.9 Å². The summed E-state index contributed by atoms with van der Waals surface area (Å²) in [7, 11) is 4.80. The average molecular weight is 399 g/mol. The van der Waals surface area contributed by atoms with E-state index in [9.17, 15) is 4.79 Å². The fourth-order valence-electron chi connectivity index (χ4n) is 2.67. The van der Waals surface area contributed by atoms with Gasteiger partial charge in [-0.1, -0.05) is 29.5 Å². The van der Waals surface area contributed by atoms with Crippen molar-refractivity contribution in [3.63, 3.8) is 0 Å². The standard InChI is InChI=1S/C20H21N3O4S/c1-25-15-6-4-5-13(9-15)11-18(24)21-20-23-22-19(28-20)12-14-7-8-16(26-2)17(10-14)27-3/h4-10H,11-12H2,1-3H3,(H,21,23,24). The molecule has 28 heavy (non-hydrogen) atoms. The summed E-state index contributed by atoms with van der Waals surface area (Å²) >= 11 is 1.35. The van der Waals surface area contributed by atoms with Crippen molar-refractivity contribution in [2.45, 2.75) is 12.8 Å². The van der Waals surface area contributed by atoms with Crippen LogP contribution in [0.5, 0.6) is 17.2 Å². The van der Waals surface area contributed by atoms with Crippen molar-refractivity contribution in [2.24, 2.45) is 0 Å². The van der Waals surface area contributed by atoms with E-state index in [1.165, 1.54) is 11.3 Å². The first kappa shape index (κ1) is 19.6. The first-order valence-electron chi connectivity index (χ1n) is 8.57. The maximum absolute atomic E-state index is 12.3. The first-order valence-corrected chi connectivity index (χ1v) is 9.39. The van der Waals surface area contributed by atoms with Gasteiger partial charge in [0, 0.05) is 6.42 Å². The van der Waals surface area contributed by atoms with Gasteiger partial charge in [0.2, 0.25) is 11.0 Å². The molecule has 2 aromatic carbocycles. The van der Waals surface area contributed by atoms with Gasteiger partial charge in [-0.3, -0.25) is 4.79 Å². The summed E-state index contributed by atoms with van der Waals surface area (Å²) in [5.41, 5.74) is 1.88. The van der Waals surface area contributed by atoms with Gasteiger partial charge in [0.25, 0.3) is 0 Å². The Morgan fingerprint density at radius 3 is 2.54 bits per heavy atom. The van der Waals surface area contributed by atoms with Crippen LogP contribution in [0.2, 0.25) is 0 Å². The third-order valence-electron chi connectivity index (χ3n) is 4.02. The van der Waals surface area contributed by atoms with Gasteiger partial charge in [-0.15, -0.1) is 10.2 Å². The van der Waals surface area contributed by atoms with Crippen LogP contribution in [0.25, 0.3) is 0 Å². The predicted octanol–water partition coefficient (Wildman–Crippen LogP) is 3.34. The van der Waals surface area contributed by atoms with Crippen molar-refractivity contribution in [3.05, 3.63) is 58.6 Å². The van der Waals surface area contributed by atoms with Gasteiger partial charge in [0.05, 0.1) is 27.8 Å². The number of nitrogens with one attached hydrogen (secondary N) is 1. The quantitative estimate of drug-likeness (QED) is 0.626. The molecule has 0 radical (unpaired) electrons. The lowest BCUT2D eigenvalue weighted by atomic mass is 10.1. The Labute approximate surface area is 167 Å². The molecule has 7 nitrogen and oxygen atoms in total. The van der Waals surface area contributed by atoms with Crippen LogP contribution in [0.4, 0.5) is 5.13 Å². The molecule has 0 spiro atoms. The van der Waals surface area contributed by atoms with E-state index < -0.39 is 0 Å². The first-order chi connectivity index (χ1) is 13.6. The minimum Gasteiger partial charge on any atom is -0.497 e. The Bertz CT molecular complexity index is 958. The lowest BCUT2D eigenvalue weighted by Gasteiger charge is -2.08. The Morgan fingerprint density at radius 1 is 0.964 bits per heavy atom. The van der Waals surface area contributed by atoms with Crippen LogP contribution >= 0.6 is 11.3 Å². The van der Waals surface area contributed by atoms with Gasteiger partial charge in [0.1, 0.15) is 10.8 Å². The lowest BCUT2D eigenvalue weighted by molar-refractivity contribution is -0.115. The lowest BCUT2D eigenvalue weighted by Crippen LogP contribution is -2.14. The number of carbonyl (C=O) groups excluding carboxylic acids is 1. The molecule has 0 aliphatic rings. The van der Waals surface area contributed by atoms with E-state index in [-0.39, 0.29) is 12.3 Å². The van der Waals surface area contributed by atoms with Crippen LogP contribution in [0.15, 0.2) is 42.5 Å². The van der Waals surface area contributed by atoms with Crippen LogP contribution in [0, 0.1) is 0 Å². The van der Waals surface area contributed by atoms with Crippen molar-refractivity contribution in [2.75, 3.05) is 26.6 Å². The summed E-state index contributed by atoms with van der Waals surface area (Å²) in [6, 6.07) is 13.1. The molecule has 0 aliphatic heterocycles. The molecule has 1 amide bonds. The summed E-state index contributed by atoms with van der Waals surface area (Å²) < 4.78 is 15.7. The molecule has 0 saturated carbocycles. The molecule has 0 unspecified atom stereocenters. The fraction of sp³-hybridized carbons (Fsp3) is 0.250. The zero-order valence-corrected chi connectivity index (χ0v) is 16.7. The molecule has 1 N–H and O–H groups in total. The summed E-state index contributed by atoms with van der Waals surface area (Å²) in [6.45, 7) is 0. The number of anilines is 1. The summed E-state index contributed by atoms with van der Waals surface area (Å²) in [5, 5.41) is 12.3. The minimum atomic E-state index is -0.151. The monoisotopic (exact) mass is 399 g/mol. The highest BCUT2D eigenvalue weighted by Crippen LogP contribution is 2.29. The molecule has 1 aromatic heterocycles. The predicted molar refractivity (Wildman–Crippen MR) is 108 cm³/mol. The van der Waals surface area contributed by atoms with Gasteiger partial charge in [-0.25, -0.2) is 0 Å². The summed E-state index contributed by atoms with van der Waals surface area (Å²) in [6.07, 6.45) is 0.825. The zero-order valence-electron chi connectivity index (χ0n) is 15.9. The van der Waals surface area contributed by atoms with Crippen molar-refractivity contribution in [3.8, 4) is 17.2 Å². The van der Waals surface area contributed by atoms with Gasteiger partial charge < -0.3 is 19.5 Å². The molecule has 146 valence electrons. The molecule has 8 heteroatoms. The number of hydrogen-bond donors (Lipinski definition) is 1. The van der Waals surface area contributed by atoms with Gasteiger partial charge in [-0.2, -0.15) is 0 Å². The Morgan fingerprint density at radius 2 is 1.79 bits per heavy atom. The third kappa shape index (κ3) is 4.98. The van der Waals surface area contributed by atoms with Crippen LogP contribution < -0.4 is 19.5 Å². The topological polar surface area (TPSA) is 82.6 Å². The second-order valence-electron chi connectivity index (χ2n) is 5.94. The van der Waals surface area contributed by atoms with Crippen molar-refractivity contribution < 1.29 is 19.0 Å². The van der Waals surface area contributed by atoms with Gasteiger partial charge >= 0.3 is 0 Å². The van der Waals surface area contributed by atoms with E-state index in [1.54, 1.807) is 21.3 Å². The Balaban J connectivity index is 1.61. The van der Waals surface area contributed by atoms with Crippen LogP contribution in [0.3, 0.4) is 0 Å². The number of nitrogens with zero attached hydrogens (tertiary/aromatic N) is 2. The highest BCUT2D eigenvalue weighted by atomic mass is 32.1. The highest BCUT2D eigenvalue weighted by molar-refractivity contribution is 7.15. The molecule has 0 saturated heterocycles. The Hall–Kier alpha value is -3.13. The second kappa shape index (κ2) is 9.18. The van der Waals surface area contributed by atoms with E-state index in [1.807, 2.05) is 42.5 Å². The molecule has 3 aromatic rings. The number of methoxy groups -OCH3 is 3. The van der Waals surface area contributed by atoms with Crippen molar-refractivity contribution in [1.82, 2.24) is 10.2 Å². The van der Waals surface area contributed by atoms with E-state index in [4.69, 9.17) is 14.2 Å². The van der Waals surface area contributed by atoms with E-state index in [0.29, 0.717) is 23.1 Å². The summed E-state index contributed by atoms with van der Waals surface area (Å²) in [4.78, 5) is 12.3. The normalized spacial score (nSPS) is 10.4. The third-order valence-corrected chi connectivity index (χ3v) is 4.85. The fourth-order valence-corrected chi connectivity index (χ4v) is 3.46. The van der Waals surface area contributed by atoms with Crippen LogP contribution in [0.1, 0.15) is 16.1 Å². The molecular weight excluding hydrogens is 378 g/mol. The minimum absolute atomic E-state index is 0.151. The Kier molecular flexibility index (Phi) is 6.44. The van der Waals surface area contributed by atoms with Crippen LogP contribution in [-0.4, -0.2) is 37.4 Å². The maximum Gasteiger partial charge on any atom is 0.230 e. The van der Waals surface area contributed by atoms with Gasteiger partial charge in [0.15, 0.2) is 11.5 Å². The summed E-state index contributed by atoms with van der Waals surface area (Å²) in [5.74, 6) is 1.91.